The van der Waals surface area contributed by atoms with Gasteiger partial charge in [-0.1, -0.05) is 41.4 Å². The SMILES string of the molecule is NC(=O)c1c(Cl)ccc(OC(=O)c2ccccc2)c1Cl. The van der Waals surface area contributed by atoms with Gasteiger partial charge in [0.05, 0.1) is 21.2 Å². The Morgan fingerprint density at radius 1 is 1.00 bits per heavy atom. The molecule has 0 aliphatic carbocycles. The fraction of sp³-hybridized carbons (Fsp3) is 0. The van der Waals surface area contributed by atoms with Crippen LogP contribution in [0.5, 0.6) is 5.75 Å². The molecule has 2 aromatic rings. The van der Waals surface area contributed by atoms with Gasteiger partial charge in [-0.3, -0.25) is 4.79 Å². The van der Waals surface area contributed by atoms with E-state index in [9.17, 15) is 9.59 Å². The average molecular weight is 310 g/mol. The topological polar surface area (TPSA) is 69.4 Å². The van der Waals surface area contributed by atoms with Crippen LogP contribution in [0.2, 0.25) is 10.0 Å². The molecule has 0 heterocycles. The Morgan fingerprint density at radius 2 is 1.65 bits per heavy atom. The van der Waals surface area contributed by atoms with Crippen LogP contribution in [0.3, 0.4) is 0 Å². The lowest BCUT2D eigenvalue weighted by Crippen LogP contribution is -2.14. The molecule has 2 aromatic carbocycles. The van der Waals surface area contributed by atoms with E-state index in [1.54, 1.807) is 30.3 Å². The average Bonchev–Trinajstić information content (AvgIpc) is 2.42. The summed E-state index contributed by atoms with van der Waals surface area (Å²) in [7, 11) is 0. The second-order valence-corrected chi connectivity index (χ2v) is 4.64. The highest BCUT2D eigenvalue weighted by molar-refractivity contribution is 6.40. The lowest BCUT2D eigenvalue weighted by molar-refractivity contribution is 0.0733. The molecule has 0 bridgehead atoms. The van der Waals surface area contributed by atoms with E-state index in [0.29, 0.717) is 5.56 Å². The van der Waals surface area contributed by atoms with Gasteiger partial charge in [-0.25, -0.2) is 4.79 Å². The van der Waals surface area contributed by atoms with Gasteiger partial charge in [-0.2, -0.15) is 0 Å². The van der Waals surface area contributed by atoms with Gasteiger partial charge in [0.25, 0.3) is 5.91 Å². The summed E-state index contributed by atoms with van der Waals surface area (Å²) in [5.74, 6) is -1.36. The molecule has 0 atom stereocenters. The zero-order valence-corrected chi connectivity index (χ0v) is 11.6. The number of esters is 1. The van der Waals surface area contributed by atoms with E-state index in [2.05, 4.69) is 0 Å². The third-order valence-electron chi connectivity index (χ3n) is 2.51. The molecular weight excluding hydrogens is 301 g/mol. The van der Waals surface area contributed by atoms with E-state index in [1.165, 1.54) is 12.1 Å². The van der Waals surface area contributed by atoms with Crippen LogP contribution in [0.15, 0.2) is 42.5 Å². The Labute approximate surface area is 125 Å². The predicted molar refractivity (Wildman–Crippen MR) is 76.4 cm³/mol. The molecule has 6 heteroatoms. The van der Waals surface area contributed by atoms with Crippen LogP contribution in [-0.2, 0) is 0 Å². The minimum absolute atomic E-state index is 0.0266. The molecular formula is C14H9Cl2NO3. The molecule has 0 fully saturated rings. The summed E-state index contributed by atoms with van der Waals surface area (Å²) in [6.45, 7) is 0. The van der Waals surface area contributed by atoms with E-state index in [1.807, 2.05) is 0 Å². The van der Waals surface area contributed by atoms with Crippen LogP contribution >= 0.6 is 23.2 Å². The first-order valence-electron chi connectivity index (χ1n) is 5.55. The molecule has 102 valence electrons. The third-order valence-corrected chi connectivity index (χ3v) is 3.20. The van der Waals surface area contributed by atoms with Crippen molar-refractivity contribution in [3.63, 3.8) is 0 Å². The maximum Gasteiger partial charge on any atom is 0.343 e. The summed E-state index contributed by atoms with van der Waals surface area (Å²) in [5.41, 5.74) is 5.46. The van der Waals surface area contributed by atoms with Crippen molar-refractivity contribution in [1.82, 2.24) is 0 Å². The molecule has 2 rings (SSSR count). The Morgan fingerprint density at radius 3 is 2.25 bits per heavy atom. The lowest BCUT2D eigenvalue weighted by atomic mass is 10.2. The summed E-state index contributed by atoms with van der Waals surface area (Å²) in [6.07, 6.45) is 0. The standard InChI is InChI=1S/C14H9Cl2NO3/c15-9-6-7-10(12(16)11(9)13(17)18)20-14(19)8-4-2-1-3-5-8/h1-7H,(H2,17,18). The second kappa shape index (κ2) is 5.94. The highest BCUT2D eigenvalue weighted by Gasteiger charge is 2.18. The smallest absolute Gasteiger partial charge is 0.343 e. The lowest BCUT2D eigenvalue weighted by Gasteiger charge is -2.09. The van der Waals surface area contributed by atoms with Gasteiger partial charge in [0.15, 0.2) is 5.75 Å². The van der Waals surface area contributed by atoms with Crippen molar-refractivity contribution in [2.75, 3.05) is 0 Å². The van der Waals surface area contributed by atoms with E-state index in [-0.39, 0.29) is 21.4 Å². The number of carbonyl (C=O) groups is 2. The molecule has 0 spiro atoms. The van der Waals surface area contributed by atoms with Gasteiger partial charge in [0.1, 0.15) is 0 Å². The molecule has 0 saturated carbocycles. The predicted octanol–water partition coefficient (Wildman–Crippen LogP) is 3.31. The highest BCUT2D eigenvalue weighted by Crippen LogP contribution is 2.33. The highest BCUT2D eigenvalue weighted by atomic mass is 35.5. The molecule has 0 saturated heterocycles. The zero-order chi connectivity index (χ0) is 14.7. The number of hydrogen-bond acceptors (Lipinski definition) is 3. The van der Waals surface area contributed by atoms with Gasteiger partial charge < -0.3 is 10.5 Å². The first-order valence-corrected chi connectivity index (χ1v) is 6.31. The van der Waals surface area contributed by atoms with Crippen molar-refractivity contribution in [2.45, 2.75) is 0 Å². The number of hydrogen-bond donors (Lipinski definition) is 1. The maximum absolute atomic E-state index is 11.9. The molecule has 20 heavy (non-hydrogen) atoms. The number of amides is 1. The summed E-state index contributed by atoms with van der Waals surface area (Å²) >= 11 is 11.8. The first-order chi connectivity index (χ1) is 9.50. The van der Waals surface area contributed by atoms with Crippen molar-refractivity contribution < 1.29 is 14.3 Å². The molecule has 1 amide bonds. The number of primary amides is 1. The molecule has 0 aromatic heterocycles. The van der Waals surface area contributed by atoms with Crippen molar-refractivity contribution in [2.24, 2.45) is 5.73 Å². The number of nitrogens with two attached hydrogens (primary N) is 1. The Balaban J connectivity index is 2.33. The number of benzene rings is 2. The molecule has 0 aliphatic heterocycles. The van der Waals surface area contributed by atoms with Crippen LogP contribution in [-0.4, -0.2) is 11.9 Å². The van der Waals surface area contributed by atoms with Crippen LogP contribution in [0, 0.1) is 0 Å². The van der Waals surface area contributed by atoms with Crippen molar-refractivity contribution >= 4 is 35.1 Å². The first kappa shape index (κ1) is 14.4. The van der Waals surface area contributed by atoms with E-state index < -0.39 is 11.9 Å². The molecule has 0 radical (unpaired) electrons. The number of halogens is 2. The number of ether oxygens (including phenoxy) is 1. The minimum atomic E-state index is -0.794. The second-order valence-electron chi connectivity index (χ2n) is 3.85. The van der Waals surface area contributed by atoms with E-state index in [0.717, 1.165) is 0 Å². The normalized spacial score (nSPS) is 10.1. The van der Waals surface area contributed by atoms with Crippen LogP contribution in [0.1, 0.15) is 20.7 Å². The van der Waals surface area contributed by atoms with E-state index >= 15 is 0 Å². The quantitative estimate of drug-likeness (QED) is 0.698. The van der Waals surface area contributed by atoms with Gasteiger partial charge in [-0.05, 0) is 24.3 Å². The largest absolute Gasteiger partial charge is 0.421 e. The van der Waals surface area contributed by atoms with Crippen LogP contribution < -0.4 is 10.5 Å². The van der Waals surface area contributed by atoms with Crippen molar-refractivity contribution in [1.29, 1.82) is 0 Å². The number of carbonyl (C=O) groups excluding carboxylic acids is 2. The van der Waals surface area contributed by atoms with E-state index in [4.69, 9.17) is 33.7 Å². The Kier molecular flexibility index (Phi) is 4.27. The molecule has 2 N–H and O–H groups in total. The maximum atomic E-state index is 11.9. The monoisotopic (exact) mass is 309 g/mol. The third kappa shape index (κ3) is 2.92. The minimum Gasteiger partial charge on any atom is -0.421 e. The fourth-order valence-electron chi connectivity index (χ4n) is 1.57. The molecule has 0 unspecified atom stereocenters. The van der Waals surface area contributed by atoms with Crippen LogP contribution in [0.25, 0.3) is 0 Å². The van der Waals surface area contributed by atoms with Crippen molar-refractivity contribution in [3.05, 3.63) is 63.6 Å². The zero-order valence-electron chi connectivity index (χ0n) is 10.1. The van der Waals surface area contributed by atoms with Crippen LogP contribution in [0.4, 0.5) is 0 Å². The van der Waals surface area contributed by atoms with Gasteiger partial charge in [-0.15, -0.1) is 0 Å². The Hall–Kier alpha value is -2.04. The summed E-state index contributed by atoms with van der Waals surface area (Å²) in [4.78, 5) is 23.2. The molecule has 4 nitrogen and oxygen atoms in total. The summed E-state index contributed by atoms with van der Waals surface area (Å²) in [6, 6.07) is 11.2. The summed E-state index contributed by atoms with van der Waals surface area (Å²) in [5, 5.41) is 0.0105. The van der Waals surface area contributed by atoms with Gasteiger partial charge >= 0.3 is 5.97 Å². The van der Waals surface area contributed by atoms with Gasteiger partial charge in [0.2, 0.25) is 0 Å². The van der Waals surface area contributed by atoms with Gasteiger partial charge in [0, 0.05) is 0 Å². The summed E-state index contributed by atoms with van der Waals surface area (Å²) < 4.78 is 5.14. The molecule has 0 aliphatic rings. The number of rotatable bonds is 3. The Bertz CT molecular complexity index is 672. The fourth-order valence-corrected chi connectivity index (χ4v) is 2.17. The van der Waals surface area contributed by atoms with Crippen molar-refractivity contribution in [3.8, 4) is 5.75 Å².